The summed E-state index contributed by atoms with van der Waals surface area (Å²) in [4.78, 5) is 19.8. The van der Waals surface area contributed by atoms with Crippen molar-refractivity contribution in [1.82, 2.24) is 14.7 Å². The molecule has 6 nitrogen and oxygen atoms in total. The average molecular weight is 404 g/mol. The van der Waals surface area contributed by atoms with Crippen molar-refractivity contribution in [1.29, 1.82) is 0 Å². The normalized spacial score (nSPS) is 27.1. The van der Waals surface area contributed by atoms with E-state index in [0.29, 0.717) is 12.6 Å². The van der Waals surface area contributed by atoms with Crippen molar-refractivity contribution in [3.8, 4) is 0 Å². The van der Waals surface area contributed by atoms with E-state index in [2.05, 4.69) is 54.0 Å². The fraction of sp³-hybridized carbons (Fsp3) is 0.696. The molecule has 1 aromatic carbocycles. The molecule has 2 aliphatic heterocycles. The van der Waals surface area contributed by atoms with Crippen molar-refractivity contribution in [3.05, 3.63) is 35.9 Å². The second kappa shape index (κ2) is 9.45. The lowest BCUT2D eigenvalue weighted by atomic mass is 10.0. The molecule has 2 aliphatic rings. The van der Waals surface area contributed by atoms with Gasteiger partial charge in [0.1, 0.15) is 5.60 Å². The first kappa shape index (κ1) is 22.1. The monoisotopic (exact) mass is 403 g/mol. The Kier molecular flexibility index (Phi) is 7.19. The number of rotatable bonds is 4. The Hall–Kier alpha value is -1.63. The van der Waals surface area contributed by atoms with Crippen LogP contribution in [0.2, 0.25) is 0 Å². The molecule has 1 unspecified atom stereocenters. The van der Waals surface area contributed by atoms with E-state index in [0.717, 1.165) is 39.4 Å². The van der Waals surface area contributed by atoms with Gasteiger partial charge in [-0.05, 0) is 40.2 Å². The predicted octanol–water partition coefficient (Wildman–Crippen LogP) is 3.22. The van der Waals surface area contributed by atoms with Gasteiger partial charge in [-0.1, -0.05) is 30.3 Å². The van der Waals surface area contributed by atoms with E-state index in [1.165, 1.54) is 5.56 Å². The van der Waals surface area contributed by atoms with Crippen LogP contribution in [0.4, 0.5) is 4.79 Å². The fourth-order valence-corrected chi connectivity index (χ4v) is 4.17. The van der Waals surface area contributed by atoms with Gasteiger partial charge < -0.3 is 14.4 Å². The van der Waals surface area contributed by atoms with E-state index in [1.807, 2.05) is 25.7 Å². The van der Waals surface area contributed by atoms with E-state index in [1.54, 1.807) is 0 Å². The second-order valence-electron chi connectivity index (χ2n) is 9.47. The molecular weight excluding hydrogens is 366 g/mol. The summed E-state index contributed by atoms with van der Waals surface area (Å²) in [6, 6.07) is 11.4. The zero-order chi connectivity index (χ0) is 21.0. The second-order valence-corrected chi connectivity index (χ2v) is 9.47. The molecule has 6 heteroatoms. The third-order valence-corrected chi connectivity index (χ3v) is 5.76. The van der Waals surface area contributed by atoms with Gasteiger partial charge in [-0.15, -0.1) is 0 Å². The highest BCUT2D eigenvalue weighted by molar-refractivity contribution is 5.68. The Morgan fingerprint density at radius 1 is 1.10 bits per heavy atom. The molecule has 3 atom stereocenters. The quantitative estimate of drug-likeness (QED) is 0.772. The molecule has 2 fully saturated rings. The van der Waals surface area contributed by atoms with Crippen LogP contribution in [0.25, 0.3) is 0 Å². The van der Waals surface area contributed by atoms with Gasteiger partial charge in [-0.25, -0.2) is 4.79 Å². The number of benzene rings is 1. The standard InChI is InChI=1S/C23H37N3O3/c1-18-13-25(14-20-9-7-6-8-10-20)21(15-24-11-12-28-17-19(24)2)16-26(18)22(27)29-23(3,4)5/h6-10,18-19,21H,11-17H2,1-5H3/t18-,19?,21+/m1/s1. The van der Waals surface area contributed by atoms with Gasteiger partial charge in [0.05, 0.1) is 13.2 Å². The van der Waals surface area contributed by atoms with Gasteiger partial charge in [0.15, 0.2) is 0 Å². The van der Waals surface area contributed by atoms with Crippen LogP contribution >= 0.6 is 0 Å². The number of amides is 1. The zero-order valence-corrected chi connectivity index (χ0v) is 18.6. The molecule has 0 radical (unpaired) electrons. The summed E-state index contributed by atoms with van der Waals surface area (Å²) in [5, 5.41) is 0. The molecule has 1 amide bonds. The van der Waals surface area contributed by atoms with Crippen LogP contribution < -0.4 is 0 Å². The Balaban J connectivity index is 1.75. The largest absolute Gasteiger partial charge is 0.444 e. The lowest BCUT2D eigenvalue weighted by Gasteiger charge is -2.47. The number of carbonyl (C=O) groups excluding carboxylic acids is 1. The van der Waals surface area contributed by atoms with Gasteiger partial charge in [-0.3, -0.25) is 9.80 Å². The molecule has 0 aliphatic carbocycles. The first-order valence-corrected chi connectivity index (χ1v) is 10.8. The molecular formula is C23H37N3O3. The molecule has 1 aromatic rings. The van der Waals surface area contributed by atoms with Crippen LogP contribution in [0.15, 0.2) is 30.3 Å². The number of piperazine rings is 1. The van der Waals surface area contributed by atoms with E-state index in [-0.39, 0.29) is 18.2 Å². The summed E-state index contributed by atoms with van der Waals surface area (Å²) in [5.74, 6) is 0. The SMILES string of the molecule is CC1COCCN1C[C@H]1CN(C(=O)OC(C)(C)C)[C@H](C)CN1Cc1ccccc1. The van der Waals surface area contributed by atoms with Crippen molar-refractivity contribution in [2.75, 3.05) is 39.4 Å². The minimum Gasteiger partial charge on any atom is -0.444 e. The van der Waals surface area contributed by atoms with Crippen molar-refractivity contribution in [2.24, 2.45) is 0 Å². The van der Waals surface area contributed by atoms with Gasteiger partial charge in [0, 0.05) is 50.8 Å². The van der Waals surface area contributed by atoms with Gasteiger partial charge in [0.2, 0.25) is 0 Å². The summed E-state index contributed by atoms with van der Waals surface area (Å²) >= 11 is 0. The molecule has 0 saturated carbocycles. The van der Waals surface area contributed by atoms with Crippen LogP contribution in [-0.4, -0.2) is 83.9 Å². The van der Waals surface area contributed by atoms with Crippen molar-refractivity contribution < 1.29 is 14.3 Å². The number of ether oxygens (including phenoxy) is 2. The van der Waals surface area contributed by atoms with Gasteiger partial charge >= 0.3 is 6.09 Å². The molecule has 0 bridgehead atoms. The van der Waals surface area contributed by atoms with E-state index >= 15 is 0 Å². The number of nitrogens with zero attached hydrogens (tertiary/aromatic N) is 3. The molecule has 162 valence electrons. The topological polar surface area (TPSA) is 45.3 Å². The number of hydrogen-bond donors (Lipinski definition) is 0. The van der Waals surface area contributed by atoms with Gasteiger partial charge in [0.25, 0.3) is 0 Å². The van der Waals surface area contributed by atoms with Crippen molar-refractivity contribution in [3.63, 3.8) is 0 Å². The summed E-state index contributed by atoms with van der Waals surface area (Å²) in [6.45, 7) is 16.0. The molecule has 2 heterocycles. The Morgan fingerprint density at radius 3 is 2.48 bits per heavy atom. The molecule has 3 rings (SSSR count). The maximum Gasteiger partial charge on any atom is 0.410 e. The van der Waals surface area contributed by atoms with Crippen LogP contribution in [0.5, 0.6) is 0 Å². The van der Waals surface area contributed by atoms with E-state index in [4.69, 9.17) is 9.47 Å². The highest BCUT2D eigenvalue weighted by atomic mass is 16.6. The third-order valence-electron chi connectivity index (χ3n) is 5.76. The van der Waals surface area contributed by atoms with E-state index in [9.17, 15) is 4.79 Å². The maximum atomic E-state index is 12.8. The first-order chi connectivity index (χ1) is 13.7. The molecule has 0 spiro atoms. The zero-order valence-electron chi connectivity index (χ0n) is 18.6. The Labute approximate surface area is 175 Å². The smallest absolute Gasteiger partial charge is 0.410 e. The predicted molar refractivity (Wildman–Crippen MR) is 115 cm³/mol. The Morgan fingerprint density at radius 2 is 1.83 bits per heavy atom. The van der Waals surface area contributed by atoms with Gasteiger partial charge in [-0.2, -0.15) is 0 Å². The van der Waals surface area contributed by atoms with Crippen LogP contribution in [0.3, 0.4) is 0 Å². The maximum absolute atomic E-state index is 12.8. The molecule has 29 heavy (non-hydrogen) atoms. The highest BCUT2D eigenvalue weighted by Gasteiger charge is 2.37. The van der Waals surface area contributed by atoms with Crippen LogP contribution in [-0.2, 0) is 16.0 Å². The third kappa shape index (κ3) is 6.17. The summed E-state index contributed by atoms with van der Waals surface area (Å²) in [6.07, 6.45) is -0.204. The summed E-state index contributed by atoms with van der Waals surface area (Å²) in [7, 11) is 0. The lowest BCUT2D eigenvalue weighted by Crippen LogP contribution is -2.62. The lowest BCUT2D eigenvalue weighted by molar-refractivity contribution is -0.0423. The molecule has 0 aromatic heterocycles. The van der Waals surface area contributed by atoms with Crippen LogP contribution in [0, 0.1) is 0 Å². The van der Waals surface area contributed by atoms with Crippen molar-refractivity contribution in [2.45, 2.75) is 64.9 Å². The molecule has 0 N–H and O–H groups in total. The summed E-state index contributed by atoms with van der Waals surface area (Å²) in [5.41, 5.74) is 0.831. The number of carbonyl (C=O) groups is 1. The number of hydrogen-bond acceptors (Lipinski definition) is 5. The van der Waals surface area contributed by atoms with Crippen LogP contribution in [0.1, 0.15) is 40.2 Å². The average Bonchev–Trinajstić information content (AvgIpc) is 2.65. The minimum atomic E-state index is -0.480. The number of morpholine rings is 1. The Bertz CT molecular complexity index is 661. The molecule has 2 saturated heterocycles. The highest BCUT2D eigenvalue weighted by Crippen LogP contribution is 2.23. The van der Waals surface area contributed by atoms with E-state index < -0.39 is 5.60 Å². The fourth-order valence-electron chi connectivity index (χ4n) is 4.17. The van der Waals surface area contributed by atoms with Crippen molar-refractivity contribution >= 4 is 6.09 Å². The minimum absolute atomic E-state index is 0.118. The summed E-state index contributed by atoms with van der Waals surface area (Å²) < 4.78 is 11.3. The first-order valence-electron chi connectivity index (χ1n) is 10.8.